The number of nitrogens with one attached hydrogen (secondary N) is 2. The quantitative estimate of drug-likeness (QED) is 0.308. The largest absolute Gasteiger partial charge is 0.396 e. The number of aryl methyl sites for hydroxylation is 1. The summed E-state index contributed by atoms with van der Waals surface area (Å²) in [5.41, 5.74) is 3.36. The van der Waals surface area contributed by atoms with E-state index in [4.69, 9.17) is 4.74 Å². The van der Waals surface area contributed by atoms with Crippen LogP contribution >= 0.6 is 0 Å². The molecule has 2 heterocycles. The number of rotatable bonds is 9. The molecule has 9 heteroatoms. The maximum atomic E-state index is 13.6. The van der Waals surface area contributed by atoms with Gasteiger partial charge < -0.3 is 15.2 Å². The molecule has 0 aliphatic heterocycles. The molecule has 194 valence electrons. The lowest BCUT2D eigenvalue weighted by Crippen LogP contribution is -2.29. The molecule has 0 bridgehead atoms. The Kier molecular flexibility index (Phi) is 7.85. The first-order valence-corrected chi connectivity index (χ1v) is 12.2. The molecule has 1 atom stereocenters. The van der Waals surface area contributed by atoms with Gasteiger partial charge in [-0.15, -0.1) is 0 Å². The SMILES string of the molecule is Cc1ccccc1-n1nc(-c2c(-c3ccc(F)cc3)n[nH]c2NCC(CO)COC(C)(C)C)ccc1=O. The van der Waals surface area contributed by atoms with Gasteiger partial charge in [-0.1, -0.05) is 18.2 Å². The molecule has 4 rings (SSSR count). The van der Waals surface area contributed by atoms with Gasteiger partial charge in [-0.05, 0) is 69.7 Å². The molecule has 0 saturated heterocycles. The molecular formula is C28H32FN5O3. The number of H-pyrrole nitrogens is 1. The number of nitrogens with zero attached hydrogens (tertiary/aromatic N) is 3. The normalized spacial score (nSPS) is 12.5. The van der Waals surface area contributed by atoms with Crippen molar-refractivity contribution in [2.24, 2.45) is 5.92 Å². The van der Waals surface area contributed by atoms with Gasteiger partial charge in [0.25, 0.3) is 5.56 Å². The van der Waals surface area contributed by atoms with Crippen LogP contribution in [0, 0.1) is 18.7 Å². The lowest BCUT2D eigenvalue weighted by molar-refractivity contribution is -0.0284. The molecule has 0 amide bonds. The first-order valence-electron chi connectivity index (χ1n) is 12.2. The van der Waals surface area contributed by atoms with Crippen molar-refractivity contribution in [1.82, 2.24) is 20.0 Å². The predicted molar refractivity (Wildman–Crippen MR) is 142 cm³/mol. The summed E-state index contributed by atoms with van der Waals surface area (Å²) >= 11 is 0. The van der Waals surface area contributed by atoms with Crippen LogP contribution in [0.2, 0.25) is 0 Å². The Morgan fingerprint density at radius 1 is 1.11 bits per heavy atom. The van der Waals surface area contributed by atoms with Crippen LogP contribution in [0.3, 0.4) is 0 Å². The molecular weight excluding hydrogens is 473 g/mol. The van der Waals surface area contributed by atoms with Crippen molar-refractivity contribution in [3.8, 4) is 28.2 Å². The van der Waals surface area contributed by atoms with Crippen molar-refractivity contribution in [3.63, 3.8) is 0 Å². The smallest absolute Gasteiger partial charge is 0.271 e. The van der Waals surface area contributed by atoms with Crippen molar-refractivity contribution in [1.29, 1.82) is 0 Å². The van der Waals surface area contributed by atoms with Crippen LogP contribution in [0.1, 0.15) is 26.3 Å². The summed E-state index contributed by atoms with van der Waals surface area (Å²) in [7, 11) is 0. The monoisotopic (exact) mass is 505 g/mol. The van der Waals surface area contributed by atoms with Crippen LogP contribution in [0.4, 0.5) is 10.2 Å². The Morgan fingerprint density at radius 2 is 1.84 bits per heavy atom. The summed E-state index contributed by atoms with van der Waals surface area (Å²) in [5.74, 6) is 0.0459. The maximum absolute atomic E-state index is 13.6. The lowest BCUT2D eigenvalue weighted by atomic mass is 10.0. The third-order valence-corrected chi connectivity index (χ3v) is 5.86. The highest BCUT2D eigenvalue weighted by Gasteiger charge is 2.21. The molecule has 1 unspecified atom stereocenters. The zero-order chi connectivity index (χ0) is 26.6. The first kappa shape index (κ1) is 26.2. The number of para-hydroxylation sites is 1. The molecule has 0 fully saturated rings. The van der Waals surface area contributed by atoms with Gasteiger partial charge in [0.2, 0.25) is 0 Å². The number of hydrogen-bond acceptors (Lipinski definition) is 6. The first-order chi connectivity index (χ1) is 17.7. The predicted octanol–water partition coefficient (Wildman–Crippen LogP) is 4.57. The molecule has 0 spiro atoms. The Balaban J connectivity index is 1.75. The van der Waals surface area contributed by atoms with Gasteiger partial charge in [0.1, 0.15) is 17.3 Å². The summed E-state index contributed by atoms with van der Waals surface area (Å²) in [4.78, 5) is 12.8. The van der Waals surface area contributed by atoms with E-state index in [1.165, 1.54) is 22.9 Å². The van der Waals surface area contributed by atoms with Gasteiger partial charge in [-0.2, -0.15) is 14.9 Å². The van der Waals surface area contributed by atoms with Crippen LogP contribution in [-0.4, -0.2) is 50.4 Å². The van der Waals surface area contributed by atoms with Crippen LogP contribution in [0.15, 0.2) is 65.5 Å². The minimum Gasteiger partial charge on any atom is -0.396 e. The number of aliphatic hydroxyl groups is 1. The average Bonchev–Trinajstić information content (AvgIpc) is 3.29. The number of aromatic nitrogens is 4. The number of halogens is 1. The van der Waals surface area contributed by atoms with Crippen molar-refractivity contribution in [3.05, 3.63) is 82.4 Å². The second-order valence-electron chi connectivity index (χ2n) is 9.94. The molecule has 8 nitrogen and oxygen atoms in total. The van der Waals surface area contributed by atoms with Crippen molar-refractivity contribution in [2.45, 2.75) is 33.3 Å². The number of aliphatic hydroxyl groups excluding tert-OH is 1. The van der Waals surface area contributed by atoms with E-state index in [2.05, 4.69) is 20.6 Å². The van der Waals surface area contributed by atoms with Crippen molar-refractivity contribution < 1.29 is 14.2 Å². The van der Waals surface area contributed by atoms with E-state index in [0.717, 1.165) is 5.56 Å². The molecule has 37 heavy (non-hydrogen) atoms. The molecule has 0 aliphatic rings. The van der Waals surface area contributed by atoms with E-state index in [0.29, 0.717) is 47.2 Å². The van der Waals surface area contributed by atoms with E-state index >= 15 is 0 Å². The summed E-state index contributed by atoms with van der Waals surface area (Å²) in [6, 6.07) is 16.6. The van der Waals surface area contributed by atoms with E-state index < -0.39 is 0 Å². The zero-order valence-corrected chi connectivity index (χ0v) is 21.5. The number of anilines is 1. The topological polar surface area (TPSA) is 105 Å². The van der Waals surface area contributed by atoms with Crippen molar-refractivity contribution >= 4 is 5.82 Å². The molecule has 0 aliphatic carbocycles. The Hall–Kier alpha value is -3.82. The molecule has 2 aromatic carbocycles. The molecule has 3 N–H and O–H groups in total. The lowest BCUT2D eigenvalue weighted by Gasteiger charge is -2.23. The Bertz CT molecular complexity index is 1410. The highest BCUT2D eigenvalue weighted by molar-refractivity contribution is 5.87. The Labute approximate surface area is 215 Å². The third-order valence-electron chi connectivity index (χ3n) is 5.86. The third kappa shape index (κ3) is 6.31. The molecule has 0 radical (unpaired) electrons. The fourth-order valence-electron chi connectivity index (χ4n) is 3.84. The summed E-state index contributed by atoms with van der Waals surface area (Å²) in [6.45, 7) is 8.52. The van der Waals surface area contributed by atoms with Gasteiger partial charge in [0, 0.05) is 30.7 Å². The van der Waals surface area contributed by atoms with Crippen LogP contribution in [0.25, 0.3) is 28.2 Å². The van der Waals surface area contributed by atoms with Crippen LogP contribution in [-0.2, 0) is 4.74 Å². The number of benzene rings is 2. The van der Waals surface area contributed by atoms with Gasteiger partial charge in [0.05, 0.1) is 29.2 Å². The summed E-state index contributed by atoms with van der Waals surface area (Å²) in [6.07, 6.45) is 0. The summed E-state index contributed by atoms with van der Waals surface area (Å²) in [5, 5.41) is 25.4. The van der Waals surface area contributed by atoms with E-state index in [1.807, 2.05) is 52.0 Å². The van der Waals surface area contributed by atoms with Gasteiger partial charge >= 0.3 is 0 Å². The zero-order valence-electron chi connectivity index (χ0n) is 21.5. The molecule has 2 aromatic heterocycles. The van der Waals surface area contributed by atoms with Crippen molar-refractivity contribution in [2.75, 3.05) is 25.1 Å². The van der Waals surface area contributed by atoms with E-state index in [9.17, 15) is 14.3 Å². The highest BCUT2D eigenvalue weighted by atomic mass is 19.1. The second kappa shape index (κ2) is 11.1. The Morgan fingerprint density at radius 3 is 2.51 bits per heavy atom. The fraction of sp³-hybridized carbons (Fsp3) is 0.321. The van der Waals surface area contributed by atoms with Crippen LogP contribution < -0.4 is 10.9 Å². The van der Waals surface area contributed by atoms with Gasteiger partial charge in [-0.3, -0.25) is 9.89 Å². The van der Waals surface area contributed by atoms with E-state index in [-0.39, 0.29) is 29.5 Å². The minimum absolute atomic E-state index is 0.0617. The van der Waals surface area contributed by atoms with Gasteiger partial charge in [-0.25, -0.2) is 4.39 Å². The summed E-state index contributed by atoms with van der Waals surface area (Å²) < 4.78 is 20.8. The molecule has 0 saturated carbocycles. The second-order valence-corrected chi connectivity index (χ2v) is 9.94. The standard InChI is InChI=1S/C28H32FN5O3/c1-18-7-5-6-8-23(18)34-24(36)14-13-22(33-34)25-26(20-9-11-21(29)12-10-20)31-32-27(25)30-15-19(16-35)17-37-28(2,3)4/h5-14,19,35H,15-17H2,1-4H3,(H2,30,31,32). The number of aromatic amines is 1. The highest BCUT2D eigenvalue weighted by Crippen LogP contribution is 2.35. The fourth-order valence-corrected chi connectivity index (χ4v) is 3.84. The average molecular weight is 506 g/mol. The minimum atomic E-state index is -0.352. The van der Waals surface area contributed by atoms with Crippen LogP contribution in [0.5, 0.6) is 0 Å². The van der Waals surface area contributed by atoms with Gasteiger partial charge in [0.15, 0.2) is 0 Å². The number of ether oxygens (including phenoxy) is 1. The maximum Gasteiger partial charge on any atom is 0.271 e. The molecule has 4 aromatic rings. The van der Waals surface area contributed by atoms with E-state index in [1.54, 1.807) is 18.2 Å². The number of hydrogen-bond donors (Lipinski definition) is 3.